The summed E-state index contributed by atoms with van der Waals surface area (Å²) in [5.74, 6) is 1.09. The molecule has 0 amide bonds. The molecule has 0 saturated heterocycles. The van der Waals surface area contributed by atoms with Crippen LogP contribution in [0, 0.1) is 5.92 Å². The molecule has 0 unspecified atom stereocenters. The van der Waals surface area contributed by atoms with Gasteiger partial charge in [0, 0.05) is 12.6 Å². The molecule has 19 heavy (non-hydrogen) atoms. The van der Waals surface area contributed by atoms with Crippen molar-refractivity contribution in [2.24, 2.45) is 5.92 Å². The van der Waals surface area contributed by atoms with Crippen molar-refractivity contribution in [1.82, 2.24) is 10.1 Å². The predicted octanol–water partition coefficient (Wildman–Crippen LogP) is 2.47. The van der Waals surface area contributed by atoms with Gasteiger partial charge in [-0.2, -0.15) is 0 Å². The number of hydrogen-bond acceptors (Lipinski definition) is 5. The predicted molar refractivity (Wildman–Crippen MR) is 70.8 cm³/mol. The summed E-state index contributed by atoms with van der Waals surface area (Å²) in [6.45, 7) is 3.88. The van der Waals surface area contributed by atoms with E-state index in [1.807, 2.05) is 0 Å². The van der Waals surface area contributed by atoms with E-state index in [1.54, 1.807) is 13.0 Å². The Labute approximate surface area is 113 Å². The molecule has 1 heterocycles. The Kier molecular flexibility index (Phi) is 4.96. The second-order valence-electron chi connectivity index (χ2n) is 5.25. The monoisotopic (exact) mass is 266 g/mol. The average molecular weight is 266 g/mol. The molecule has 0 aliphatic heterocycles. The van der Waals surface area contributed by atoms with Crippen molar-refractivity contribution in [1.29, 1.82) is 0 Å². The van der Waals surface area contributed by atoms with Gasteiger partial charge in [0.2, 0.25) is 0 Å². The van der Waals surface area contributed by atoms with E-state index in [2.05, 4.69) is 17.1 Å². The van der Waals surface area contributed by atoms with Crippen molar-refractivity contribution in [3.8, 4) is 0 Å². The van der Waals surface area contributed by atoms with Crippen LogP contribution in [0.25, 0.3) is 0 Å². The van der Waals surface area contributed by atoms with Gasteiger partial charge >= 0.3 is 5.97 Å². The molecular weight excluding hydrogens is 244 g/mol. The maximum absolute atomic E-state index is 11.5. The van der Waals surface area contributed by atoms with Crippen LogP contribution in [-0.4, -0.2) is 36.2 Å². The number of esters is 1. The Hall–Kier alpha value is -1.36. The fourth-order valence-corrected chi connectivity index (χ4v) is 2.65. The van der Waals surface area contributed by atoms with Gasteiger partial charge in [-0.25, -0.2) is 4.79 Å². The lowest BCUT2D eigenvalue weighted by molar-refractivity contribution is 0.0514. The molecule has 0 atom stereocenters. The van der Waals surface area contributed by atoms with Gasteiger partial charge in [-0.1, -0.05) is 18.0 Å². The number of carbonyl (C=O) groups excluding carboxylic acids is 1. The standard InChI is InChI=1S/C14H22N2O3/c1-3-18-14(17)13-8-12(19-15-13)10-16(2)9-11-6-4-5-7-11/h8,11H,3-7,9-10H2,1-2H3. The van der Waals surface area contributed by atoms with Gasteiger partial charge in [-0.05, 0) is 32.7 Å². The van der Waals surface area contributed by atoms with Crippen LogP contribution in [-0.2, 0) is 11.3 Å². The van der Waals surface area contributed by atoms with E-state index < -0.39 is 5.97 Å². The van der Waals surface area contributed by atoms with Gasteiger partial charge in [0.25, 0.3) is 0 Å². The number of hydrogen-bond donors (Lipinski definition) is 0. The van der Waals surface area contributed by atoms with E-state index >= 15 is 0 Å². The summed E-state index contributed by atoms with van der Waals surface area (Å²) in [6, 6.07) is 1.67. The van der Waals surface area contributed by atoms with Crippen LogP contribution in [0.15, 0.2) is 10.6 Å². The summed E-state index contributed by atoms with van der Waals surface area (Å²) < 4.78 is 10.1. The zero-order valence-electron chi connectivity index (χ0n) is 11.7. The van der Waals surface area contributed by atoms with E-state index in [0.29, 0.717) is 18.9 Å². The molecule has 0 aromatic carbocycles. The Morgan fingerprint density at radius 1 is 1.53 bits per heavy atom. The molecule has 1 aliphatic rings. The Morgan fingerprint density at radius 3 is 2.95 bits per heavy atom. The first-order valence-corrected chi connectivity index (χ1v) is 7.00. The fourth-order valence-electron chi connectivity index (χ4n) is 2.65. The number of rotatable bonds is 6. The SMILES string of the molecule is CCOC(=O)c1cc(CN(C)CC2CCCC2)on1. The highest BCUT2D eigenvalue weighted by atomic mass is 16.5. The van der Waals surface area contributed by atoms with E-state index in [1.165, 1.54) is 25.7 Å². The van der Waals surface area contributed by atoms with Crippen LogP contribution in [0.3, 0.4) is 0 Å². The summed E-state index contributed by atoms with van der Waals surface area (Å²) in [5.41, 5.74) is 0.256. The minimum absolute atomic E-state index is 0.256. The molecule has 2 rings (SSSR count). The lowest BCUT2D eigenvalue weighted by Crippen LogP contribution is -2.23. The molecule has 5 heteroatoms. The van der Waals surface area contributed by atoms with E-state index in [-0.39, 0.29) is 5.69 Å². The molecule has 0 radical (unpaired) electrons. The summed E-state index contributed by atoms with van der Waals surface area (Å²) in [7, 11) is 2.07. The maximum Gasteiger partial charge on any atom is 0.360 e. The van der Waals surface area contributed by atoms with Crippen molar-refractivity contribution in [2.45, 2.75) is 39.2 Å². The molecular formula is C14H22N2O3. The molecule has 1 saturated carbocycles. The van der Waals surface area contributed by atoms with Gasteiger partial charge in [0.1, 0.15) is 0 Å². The quantitative estimate of drug-likeness (QED) is 0.740. The first kappa shape index (κ1) is 14.1. The molecule has 106 valence electrons. The van der Waals surface area contributed by atoms with E-state index in [0.717, 1.165) is 12.5 Å². The van der Waals surface area contributed by atoms with Crippen molar-refractivity contribution in [3.05, 3.63) is 17.5 Å². The smallest absolute Gasteiger partial charge is 0.360 e. The molecule has 0 spiro atoms. The Bertz CT molecular complexity index is 411. The fraction of sp³-hybridized carbons (Fsp3) is 0.714. The van der Waals surface area contributed by atoms with Gasteiger partial charge in [-0.15, -0.1) is 0 Å². The van der Waals surface area contributed by atoms with Crippen LogP contribution in [0.5, 0.6) is 0 Å². The maximum atomic E-state index is 11.5. The Balaban J connectivity index is 1.83. The van der Waals surface area contributed by atoms with E-state index in [9.17, 15) is 4.79 Å². The van der Waals surface area contributed by atoms with Crippen molar-refractivity contribution >= 4 is 5.97 Å². The number of nitrogens with zero attached hydrogens (tertiary/aromatic N) is 2. The second kappa shape index (κ2) is 6.70. The molecule has 0 bridgehead atoms. The molecule has 5 nitrogen and oxygen atoms in total. The molecule has 1 aliphatic carbocycles. The molecule has 0 N–H and O–H groups in total. The zero-order chi connectivity index (χ0) is 13.7. The summed E-state index contributed by atoms with van der Waals surface area (Å²) in [4.78, 5) is 13.7. The third kappa shape index (κ3) is 4.06. The first-order valence-electron chi connectivity index (χ1n) is 7.00. The molecule has 1 aromatic heterocycles. The summed E-state index contributed by atoms with van der Waals surface area (Å²) in [5, 5.41) is 3.74. The normalized spacial score (nSPS) is 16.2. The van der Waals surface area contributed by atoms with Gasteiger partial charge in [0.05, 0.1) is 13.2 Å². The van der Waals surface area contributed by atoms with Crippen LogP contribution in [0.4, 0.5) is 0 Å². The third-order valence-corrected chi connectivity index (χ3v) is 3.51. The van der Waals surface area contributed by atoms with Gasteiger partial charge < -0.3 is 9.26 Å². The lowest BCUT2D eigenvalue weighted by atomic mass is 10.1. The Morgan fingerprint density at radius 2 is 2.26 bits per heavy atom. The minimum atomic E-state index is -0.420. The van der Waals surface area contributed by atoms with Crippen LogP contribution in [0.1, 0.15) is 48.9 Å². The number of carbonyl (C=O) groups is 1. The molecule has 1 fully saturated rings. The van der Waals surface area contributed by atoms with Crippen molar-refractivity contribution in [2.75, 3.05) is 20.2 Å². The largest absolute Gasteiger partial charge is 0.461 e. The van der Waals surface area contributed by atoms with Crippen LogP contribution in [0.2, 0.25) is 0 Å². The third-order valence-electron chi connectivity index (χ3n) is 3.51. The average Bonchev–Trinajstić information content (AvgIpc) is 3.00. The second-order valence-corrected chi connectivity index (χ2v) is 5.25. The lowest BCUT2D eigenvalue weighted by Gasteiger charge is -2.18. The first-order chi connectivity index (χ1) is 9.19. The highest BCUT2D eigenvalue weighted by Crippen LogP contribution is 2.25. The minimum Gasteiger partial charge on any atom is -0.461 e. The van der Waals surface area contributed by atoms with Gasteiger partial charge in [-0.3, -0.25) is 4.90 Å². The highest BCUT2D eigenvalue weighted by molar-refractivity contribution is 5.87. The summed E-state index contributed by atoms with van der Waals surface area (Å²) >= 11 is 0. The molecule has 1 aromatic rings. The van der Waals surface area contributed by atoms with Gasteiger partial charge in [0.15, 0.2) is 11.5 Å². The van der Waals surface area contributed by atoms with Crippen LogP contribution >= 0.6 is 0 Å². The summed E-state index contributed by atoms with van der Waals surface area (Å²) in [6.07, 6.45) is 5.37. The van der Waals surface area contributed by atoms with E-state index in [4.69, 9.17) is 9.26 Å². The van der Waals surface area contributed by atoms with Crippen molar-refractivity contribution in [3.63, 3.8) is 0 Å². The number of ether oxygens (including phenoxy) is 1. The zero-order valence-corrected chi connectivity index (χ0v) is 11.7. The topological polar surface area (TPSA) is 55.6 Å². The van der Waals surface area contributed by atoms with Crippen molar-refractivity contribution < 1.29 is 14.1 Å². The van der Waals surface area contributed by atoms with Crippen LogP contribution < -0.4 is 0 Å². The number of aromatic nitrogens is 1. The highest BCUT2D eigenvalue weighted by Gasteiger charge is 2.19.